The molecule has 1 fully saturated rings. The largest absolute Gasteiger partial charge is 0.435 e. The molecule has 1 N–H and O–H groups in total. The fourth-order valence-electron chi connectivity index (χ4n) is 2.81. The molecule has 1 aromatic rings. The van der Waals surface area contributed by atoms with Crippen LogP contribution in [0.2, 0.25) is 0 Å². The van der Waals surface area contributed by atoms with Crippen molar-refractivity contribution in [1.82, 2.24) is 5.32 Å². The fourth-order valence-corrected chi connectivity index (χ4v) is 2.81. The van der Waals surface area contributed by atoms with Gasteiger partial charge in [0.2, 0.25) is 0 Å². The molecule has 1 aromatic carbocycles. The maximum absolute atomic E-state index is 12.3. The van der Waals surface area contributed by atoms with Gasteiger partial charge in [-0.1, -0.05) is 12.1 Å². The molecule has 5 heteroatoms. The van der Waals surface area contributed by atoms with E-state index in [-0.39, 0.29) is 11.8 Å². The van der Waals surface area contributed by atoms with E-state index < -0.39 is 6.61 Å². The summed E-state index contributed by atoms with van der Waals surface area (Å²) in [5.41, 5.74) is 0.975. The van der Waals surface area contributed by atoms with E-state index in [2.05, 4.69) is 10.1 Å². The first-order chi connectivity index (χ1) is 10.2. The zero-order chi connectivity index (χ0) is 15.1. The number of hydrogen-bond acceptors (Lipinski definition) is 3. The molecule has 2 rings (SSSR count). The maximum atomic E-state index is 12.3. The topological polar surface area (TPSA) is 30.5 Å². The van der Waals surface area contributed by atoms with Gasteiger partial charge in [-0.15, -0.1) is 0 Å². The van der Waals surface area contributed by atoms with Crippen LogP contribution in [0.15, 0.2) is 24.3 Å². The normalized spacial score (nSPS) is 19.9. The average Bonchev–Trinajstić information content (AvgIpc) is 2.96. The Balaban J connectivity index is 1.86. The van der Waals surface area contributed by atoms with Crippen molar-refractivity contribution in [2.24, 2.45) is 0 Å². The molecule has 0 aliphatic carbocycles. The Kier molecular flexibility index (Phi) is 6.39. The summed E-state index contributed by atoms with van der Waals surface area (Å²) in [5.74, 6) is 0.210. The fraction of sp³-hybridized carbons (Fsp3) is 0.625. The van der Waals surface area contributed by atoms with Crippen LogP contribution in [0.5, 0.6) is 5.75 Å². The van der Waals surface area contributed by atoms with Crippen molar-refractivity contribution in [2.75, 3.05) is 13.7 Å². The molecule has 118 valence electrons. The third kappa shape index (κ3) is 5.25. The minimum atomic E-state index is -2.78. The van der Waals surface area contributed by atoms with Gasteiger partial charge in [0.25, 0.3) is 0 Å². The molecule has 0 aromatic heterocycles. The Labute approximate surface area is 124 Å². The van der Waals surface area contributed by atoms with Crippen molar-refractivity contribution in [3.05, 3.63) is 29.8 Å². The highest BCUT2D eigenvalue weighted by Gasteiger charge is 2.17. The first-order valence-electron chi connectivity index (χ1n) is 7.52. The third-order valence-corrected chi connectivity index (χ3v) is 3.88. The number of hydrogen-bond donors (Lipinski definition) is 1. The Morgan fingerprint density at radius 1 is 1.43 bits per heavy atom. The molecule has 3 nitrogen and oxygen atoms in total. The van der Waals surface area contributed by atoms with E-state index in [0.717, 1.165) is 44.3 Å². The summed E-state index contributed by atoms with van der Waals surface area (Å²) in [6.07, 6.45) is 5.78. The molecule has 0 bridgehead atoms. The van der Waals surface area contributed by atoms with Gasteiger partial charge in [0.05, 0.1) is 6.10 Å². The van der Waals surface area contributed by atoms with E-state index in [1.807, 2.05) is 13.1 Å². The van der Waals surface area contributed by atoms with Crippen molar-refractivity contribution in [3.8, 4) is 5.75 Å². The quantitative estimate of drug-likeness (QED) is 0.790. The first kappa shape index (κ1) is 16.2. The summed E-state index contributed by atoms with van der Waals surface area (Å²) in [4.78, 5) is 0. The highest BCUT2D eigenvalue weighted by atomic mass is 19.3. The summed E-state index contributed by atoms with van der Waals surface area (Å²) in [7, 11) is 1.89. The van der Waals surface area contributed by atoms with Crippen molar-refractivity contribution in [2.45, 2.75) is 50.9 Å². The van der Waals surface area contributed by atoms with Gasteiger partial charge in [0, 0.05) is 12.6 Å². The summed E-state index contributed by atoms with van der Waals surface area (Å²) < 4.78 is 34.6. The summed E-state index contributed by atoms with van der Waals surface area (Å²) in [6, 6.07) is 7.06. The molecule has 2 atom stereocenters. The summed E-state index contributed by atoms with van der Waals surface area (Å²) >= 11 is 0. The monoisotopic (exact) mass is 299 g/mol. The van der Waals surface area contributed by atoms with Crippen LogP contribution in [0.25, 0.3) is 0 Å². The van der Waals surface area contributed by atoms with E-state index in [1.54, 1.807) is 18.2 Å². The minimum Gasteiger partial charge on any atom is -0.435 e. The lowest BCUT2D eigenvalue weighted by atomic mass is 9.99. The van der Waals surface area contributed by atoms with Crippen LogP contribution in [0.1, 0.15) is 43.7 Å². The van der Waals surface area contributed by atoms with E-state index in [1.165, 1.54) is 0 Å². The molecule has 1 aliphatic rings. The van der Waals surface area contributed by atoms with Gasteiger partial charge >= 0.3 is 6.61 Å². The van der Waals surface area contributed by atoms with Crippen LogP contribution in [-0.2, 0) is 4.74 Å². The lowest BCUT2D eigenvalue weighted by Gasteiger charge is -2.18. The van der Waals surface area contributed by atoms with E-state index in [4.69, 9.17) is 4.74 Å². The Morgan fingerprint density at radius 3 is 2.95 bits per heavy atom. The predicted octanol–water partition coefficient (Wildman–Crippen LogP) is 3.90. The Morgan fingerprint density at radius 2 is 2.29 bits per heavy atom. The van der Waals surface area contributed by atoms with Crippen LogP contribution in [-0.4, -0.2) is 26.4 Å². The molecule has 1 heterocycles. The molecular formula is C16H23F2NO2. The number of alkyl halides is 2. The van der Waals surface area contributed by atoms with Crippen LogP contribution in [0.3, 0.4) is 0 Å². The van der Waals surface area contributed by atoms with Gasteiger partial charge in [0.1, 0.15) is 5.75 Å². The van der Waals surface area contributed by atoms with Gasteiger partial charge < -0.3 is 14.8 Å². The lowest BCUT2D eigenvalue weighted by molar-refractivity contribution is -0.0499. The second-order valence-electron chi connectivity index (χ2n) is 5.36. The third-order valence-electron chi connectivity index (χ3n) is 3.88. The number of nitrogens with one attached hydrogen (secondary N) is 1. The average molecular weight is 299 g/mol. The zero-order valence-corrected chi connectivity index (χ0v) is 12.4. The molecule has 0 spiro atoms. The van der Waals surface area contributed by atoms with Crippen LogP contribution in [0, 0.1) is 0 Å². The number of halogens is 2. The van der Waals surface area contributed by atoms with Gasteiger partial charge in [-0.25, -0.2) is 0 Å². The van der Waals surface area contributed by atoms with Crippen molar-refractivity contribution < 1.29 is 18.3 Å². The molecule has 1 aliphatic heterocycles. The molecule has 0 saturated carbocycles. The molecule has 0 amide bonds. The van der Waals surface area contributed by atoms with Gasteiger partial charge in [-0.2, -0.15) is 8.78 Å². The van der Waals surface area contributed by atoms with Crippen molar-refractivity contribution >= 4 is 0 Å². The van der Waals surface area contributed by atoms with Crippen LogP contribution in [0.4, 0.5) is 8.78 Å². The van der Waals surface area contributed by atoms with Crippen LogP contribution >= 0.6 is 0 Å². The smallest absolute Gasteiger partial charge is 0.387 e. The predicted molar refractivity (Wildman–Crippen MR) is 77.7 cm³/mol. The van der Waals surface area contributed by atoms with Crippen molar-refractivity contribution in [1.29, 1.82) is 0 Å². The second kappa shape index (κ2) is 8.29. The minimum absolute atomic E-state index is 0.146. The molecule has 0 radical (unpaired) electrons. The molecule has 1 saturated heterocycles. The van der Waals surface area contributed by atoms with E-state index >= 15 is 0 Å². The number of rotatable bonds is 8. The van der Waals surface area contributed by atoms with Gasteiger partial charge in [-0.05, 0) is 56.8 Å². The van der Waals surface area contributed by atoms with E-state index in [9.17, 15) is 8.78 Å². The van der Waals surface area contributed by atoms with Crippen molar-refractivity contribution in [3.63, 3.8) is 0 Å². The van der Waals surface area contributed by atoms with Crippen LogP contribution < -0.4 is 10.1 Å². The Bertz CT molecular complexity index is 422. The summed E-state index contributed by atoms with van der Waals surface area (Å²) in [5, 5.41) is 3.24. The number of ether oxygens (including phenoxy) is 2. The Hall–Kier alpha value is -1.20. The zero-order valence-electron chi connectivity index (χ0n) is 12.4. The van der Waals surface area contributed by atoms with E-state index in [0.29, 0.717) is 6.10 Å². The number of benzene rings is 1. The SMILES string of the molecule is CNC(CCCC1CCCO1)c1cccc(OC(F)F)c1. The van der Waals surface area contributed by atoms with Gasteiger partial charge in [-0.3, -0.25) is 0 Å². The highest BCUT2D eigenvalue weighted by Crippen LogP contribution is 2.26. The molecule has 21 heavy (non-hydrogen) atoms. The highest BCUT2D eigenvalue weighted by molar-refractivity contribution is 5.30. The second-order valence-corrected chi connectivity index (χ2v) is 5.36. The first-order valence-corrected chi connectivity index (χ1v) is 7.52. The lowest BCUT2D eigenvalue weighted by Crippen LogP contribution is -2.17. The molecule has 2 unspecified atom stereocenters. The standard InChI is InChI=1S/C16H23F2NO2/c1-19-15(9-3-6-13-8-4-10-20-13)12-5-2-7-14(11-12)21-16(17)18/h2,5,7,11,13,15-16,19H,3-4,6,8-10H2,1H3. The molecular weight excluding hydrogens is 276 g/mol. The summed E-state index contributed by atoms with van der Waals surface area (Å²) in [6.45, 7) is -1.90. The van der Waals surface area contributed by atoms with Gasteiger partial charge in [0.15, 0.2) is 0 Å². The maximum Gasteiger partial charge on any atom is 0.387 e.